The molecule has 1 fully saturated rings. The van der Waals surface area contributed by atoms with Crippen LogP contribution in [0.1, 0.15) is 65.5 Å². The molecule has 5 atom stereocenters. The molecule has 0 saturated carbocycles. The van der Waals surface area contributed by atoms with Crippen LogP contribution >= 0.6 is 15.9 Å². The summed E-state index contributed by atoms with van der Waals surface area (Å²) < 4.78 is 42.0. The molecule has 6 nitrogen and oxygen atoms in total. The van der Waals surface area contributed by atoms with Gasteiger partial charge in [-0.25, -0.2) is 0 Å². The van der Waals surface area contributed by atoms with E-state index < -0.39 is 39.0 Å². The molecule has 0 radical (unpaired) electrons. The molecule has 48 heavy (non-hydrogen) atoms. The predicted octanol–water partition coefficient (Wildman–Crippen LogP) is 10.3. The average molecular weight is 740 g/mol. The van der Waals surface area contributed by atoms with Gasteiger partial charge in [0.25, 0.3) is 0 Å². The van der Waals surface area contributed by atoms with Crippen LogP contribution in [-0.4, -0.2) is 52.2 Å². The second-order valence-corrected chi connectivity index (χ2v) is 19.9. The van der Waals surface area contributed by atoms with Crippen molar-refractivity contribution in [1.82, 2.24) is 0 Å². The van der Waals surface area contributed by atoms with Crippen molar-refractivity contribution in [3.05, 3.63) is 113 Å². The number of ether oxygens (including phenoxy) is 5. The number of hydrogen-bond acceptors (Lipinski definition) is 6. The highest BCUT2D eigenvalue weighted by molar-refractivity contribution is 9.10. The van der Waals surface area contributed by atoms with Crippen molar-refractivity contribution in [2.24, 2.45) is 0 Å². The normalized spacial score (nSPS) is 21.6. The van der Waals surface area contributed by atoms with Crippen molar-refractivity contribution in [2.75, 3.05) is 13.2 Å². The third-order valence-electron chi connectivity index (χ3n) is 9.29. The van der Waals surface area contributed by atoms with E-state index in [1.54, 1.807) is 0 Å². The first-order valence-corrected chi connectivity index (χ1v) is 20.3. The number of allylic oxidation sites excluding steroid dienone is 1. The zero-order valence-electron chi connectivity index (χ0n) is 29.6. The summed E-state index contributed by atoms with van der Waals surface area (Å²) in [4.78, 5) is 0. The molecule has 4 rings (SSSR count). The fraction of sp³-hybridized carbons (Fsp3) is 0.500. The van der Waals surface area contributed by atoms with Crippen LogP contribution in [0.3, 0.4) is 0 Å². The molecule has 0 aromatic heterocycles. The molecule has 1 aliphatic rings. The van der Waals surface area contributed by atoms with E-state index in [1.807, 2.05) is 66.7 Å². The minimum Gasteiger partial charge on any atom is -0.485 e. The lowest BCUT2D eigenvalue weighted by atomic mass is 9.98. The molecular weight excluding hydrogens is 684 g/mol. The Bertz CT molecular complexity index is 1320. The second kappa shape index (κ2) is 19.2. The van der Waals surface area contributed by atoms with Gasteiger partial charge in [0.1, 0.15) is 24.1 Å². The monoisotopic (exact) mass is 738 g/mol. The molecule has 1 aliphatic heterocycles. The van der Waals surface area contributed by atoms with Gasteiger partial charge >= 0.3 is 0 Å². The van der Waals surface area contributed by atoms with Gasteiger partial charge in [-0.1, -0.05) is 124 Å². The maximum Gasteiger partial charge on any atom is 0.200 e. The first-order valence-electron chi connectivity index (χ1n) is 17.4. The molecule has 3 aromatic rings. The highest BCUT2D eigenvalue weighted by atomic mass is 79.9. The Hall–Kier alpha value is -2.30. The van der Waals surface area contributed by atoms with Crippen molar-refractivity contribution >= 4 is 24.2 Å². The van der Waals surface area contributed by atoms with Crippen molar-refractivity contribution < 1.29 is 28.1 Å². The molecule has 1 heterocycles. The molecule has 0 aliphatic carbocycles. The fourth-order valence-corrected chi connectivity index (χ4v) is 12.7. The number of rotatable bonds is 19. The van der Waals surface area contributed by atoms with E-state index in [0.29, 0.717) is 48.8 Å². The molecular formula is C40H55BrO6Si. The second-order valence-electron chi connectivity index (χ2n) is 13.5. The highest BCUT2D eigenvalue weighted by Crippen LogP contribution is 2.43. The molecule has 3 aromatic carbocycles. The molecule has 0 N–H and O–H groups in total. The van der Waals surface area contributed by atoms with Gasteiger partial charge in [0.2, 0.25) is 0 Å². The van der Waals surface area contributed by atoms with Crippen LogP contribution in [0.5, 0.6) is 5.75 Å². The molecule has 8 heteroatoms. The molecule has 0 amide bonds. The van der Waals surface area contributed by atoms with Crippen molar-refractivity contribution in [1.29, 1.82) is 0 Å². The maximum atomic E-state index is 7.17. The summed E-state index contributed by atoms with van der Waals surface area (Å²) in [6, 6.07) is 28.2. The maximum absolute atomic E-state index is 7.17. The van der Waals surface area contributed by atoms with Crippen molar-refractivity contribution in [2.45, 2.75) is 115 Å². The predicted molar refractivity (Wildman–Crippen MR) is 200 cm³/mol. The largest absolute Gasteiger partial charge is 0.485 e. The van der Waals surface area contributed by atoms with Gasteiger partial charge in [0.15, 0.2) is 20.7 Å². The van der Waals surface area contributed by atoms with Crippen LogP contribution in [0.15, 0.2) is 102 Å². The molecule has 0 spiro atoms. The van der Waals surface area contributed by atoms with Crippen LogP contribution in [-0.2, 0) is 36.6 Å². The minimum atomic E-state index is -2.23. The fourth-order valence-electron chi connectivity index (χ4n) is 7.02. The summed E-state index contributed by atoms with van der Waals surface area (Å²) in [7, 11) is -2.23. The van der Waals surface area contributed by atoms with Crippen LogP contribution in [0, 0.1) is 0 Å². The minimum absolute atomic E-state index is 0.373. The van der Waals surface area contributed by atoms with Crippen LogP contribution in [0.25, 0.3) is 0 Å². The van der Waals surface area contributed by atoms with Crippen molar-refractivity contribution in [3.8, 4) is 5.75 Å². The van der Waals surface area contributed by atoms with Gasteiger partial charge in [-0.3, -0.25) is 0 Å². The van der Waals surface area contributed by atoms with Gasteiger partial charge in [-0.15, -0.1) is 6.58 Å². The lowest BCUT2D eigenvalue weighted by molar-refractivity contribution is -0.314. The quantitative estimate of drug-likeness (QED) is 0.0693. The Morgan fingerprint density at radius 2 is 1.27 bits per heavy atom. The van der Waals surface area contributed by atoms with E-state index in [4.69, 9.17) is 28.1 Å². The molecule has 262 valence electrons. The summed E-state index contributed by atoms with van der Waals surface area (Å²) in [5.74, 6) is 0.715. The number of halogens is 1. The Morgan fingerprint density at radius 3 is 1.79 bits per heavy atom. The third-order valence-corrected chi connectivity index (χ3v) is 15.9. The Morgan fingerprint density at radius 1 is 0.729 bits per heavy atom. The van der Waals surface area contributed by atoms with Crippen LogP contribution < -0.4 is 4.74 Å². The van der Waals surface area contributed by atoms with Gasteiger partial charge < -0.3 is 28.1 Å². The highest BCUT2D eigenvalue weighted by Gasteiger charge is 2.52. The SMILES string of the molecule is C=CCCCO[C@@H]1O[C@H](CO[Si](C(C)C)(C(C)C)C(C)C)[C@@H](OCc2ccccc2)[C@H](Oc2ccc(Br)cc2)[C@@H]1OCc1ccccc1. The van der Waals surface area contributed by atoms with E-state index in [2.05, 4.69) is 88.3 Å². The van der Waals surface area contributed by atoms with Crippen LogP contribution in [0.2, 0.25) is 16.6 Å². The summed E-state index contributed by atoms with van der Waals surface area (Å²) in [6.45, 7) is 19.3. The number of unbranched alkanes of at least 4 members (excludes halogenated alkanes) is 1. The Labute approximate surface area is 298 Å². The van der Waals surface area contributed by atoms with E-state index in [0.717, 1.165) is 28.4 Å². The van der Waals surface area contributed by atoms with E-state index in [1.165, 1.54) is 0 Å². The first kappa shape index (κ1) is 38.5. The Kier molecular flexibility index (Phi) is 15.4. The standard InChI is InChI=1S/C40H55BrO6Si/c1-8-9-16-25-42-40-39(44-27-33-19-14-11-15-20-33)38(46-35-23-21-34(41)22-24-35)37(43-26-32-17-12-10-13-18-32)36(47-40)28-45-48(29(2)3,30(4)5)31(6)7/h8,10-15,17-24,29-31,36-40H,1,9,16,25-28H2,2-7H3/t36-,37-,38+,39+,40-/m1/s1. The summed E-state index contributed by atoms with van der Waals surface area (Å²) in [5, 5.41) is 0. The van der Waals surface area contributed by atoms with E-state index in [9.17, 15) is 0 Å². The van der Waals surface area contributed by atoms with Gasteiger partial charge in [-0.2, -0.15) is 0 Å². The Balaban J connectivity index is 1.74. The molecule has 0 bridgehead atoms. The number of benzene rings is 3. The summed E-state index contributed by atoms with van der Waals surface area (Å²) in [5.41, 5.74) is 3.39. The third kappa shape index (κ3) is 10.4. The van der Waals surface area contributed by atoms with Gasteiger partial charge in [0, 0.05) is 4.47 Å². The zero-order chi connectivity index (χ0) is 34.5. The van der Waals surface area contributed by atoms with Gasteiger partial charge in [-0.05, 0) is 64.9 Å². The topological polar surface area (TPSA) is 55.4 Å². The van der Waals surface area contributed by atoms with Crippen molar-refractivity contribution in [3.63, 3.8) is 0 Å². The molecule has 0 unspecified atom stereocenters. The average Bonchev–Trinajstić information content (AvgIpc) is 3.07. The summed E-state index contributed by atoms with van der Waals surface area (Å²) in [6.07, 6.45) is 0.770. The van der Waals surface area contributed by atoms with E-state index >= 15 is 0 Å². The lowest BCUT2D eigenvalue weighted by Gasteiger charge is -2.48. The van der Waals surface area contributed by atoms with Gasteiger partial charge in [0.05, 0.1) is 26.4 Å². The number of hydrogen-bond donors (Lipinski definition) is 0. The first-order chi connectivity index (χ1) is 23.1. The smallest absolute Gasteiger partial charge is 0.200 e. The van der Waals surface area contributed by atoms with Crippen LogP contribution in [0.4, 0.5) is 0 Å². The zero-order valence-corrected chi connectivity index (χ0v) is 32.1. The summed E-state index contributed by atoms with van der Waals surface area (Å²) >= 11 is 3.57. The molecule has 1 saturated heterocycles. The van der Waals surface area contributed by atoms with E-state index in [-0.39, 0.29) is 0 Å². The lowest BCUT2D eigenvalue weighted by Crippen LogP contribution is -2.63.